The summed E-state index contributed by atoms with van der Waals surface area (Å²) in [6.07, 6.45) is 4.48. The van der Waals surface area contributed by atoms with Gasteiger partial charge in [-0.1, -0.05) is 20.3 Å². The number of likely N-dealkylation sites (tertiary alicyclic amines) is 1. The number of aryl methyl sites for hydroxylation is 2. The Morgan fingerprint density at radius 2 is 2.17 bits per heavy atom. The second-order valence-electron chi connectivity index (χ2n) is 9.15. The second-order valence-corrected chi connectivity index (χ2v) is 10.9. The summed E-state index contributed by atoms with van der Waals surface area (Å²) in [6.45, 7) is 4.29. The van der Waals surface area contributed by atoms with E-state index in [4.69, 9.17) is 7.48 Å². The number of aromatic amines is 1. The first-order chi connectivity index (χ1) is 18.2. The number of nitrogens with zero attached hydrogens (tertiary/aromatic N) is 4. The van der Waals surface area contributed by atoms with Crippen molar-refractivity contribution in [3.8, 4) is 17.1 Å². The lowest BCUT2D eigenvalue weighted by Gasteiger charge is -2.19. The number of hydrogen-bond acceptors (Lipinski definition) is 7. The van der Waals surface area contributed by atoms with Gasteiger partial charge in [-0.3, -0.25) is 9.48 Å². The molecule has 1 aliphatic heterocycles. The van der Waals surface area contributed by atoms with E-state index in [2.05, 4.69) is 24.7 Å². The van der Waals surface area contributed by atoms with Gasteiger partial charge in [-0.15, -0.1) is 0 Å². The van der Waals surface area contributed by atoms with Gasteiger partial charge in [0.2, 0.25) is 10.0 Å². The predicted molar refractivity (Wildman–Crippen MR) is 140 cm³/mol. The fourth-order valence-electron chi connectivity index (χ4n) is 4.52. The highest BCUT2D eigenvalue weighted by atomic mass is 32.2. The molecule has 0 bridgehead atoms. The lowest BCUT2D eigenvalue weighted by molar-refractivity contribution is 0.297. The van der Waals surface area contributed by atoms with Gasteiger partial charge in [0.05, 0.1) is 22.8 Å². The molecule has 1 fully saturated rings. The van der Waals surface area contributed by atoms with Crippen LogP contribution in [0.15, 0.2) is 27.9 Å². The van der Waals surface area contributed by atoms with Crippen molar-refractivity contribution < 1.29 is 15.9 Å². The maximum Gasteiger partial charge on any atom is 0.277 e. The molecule has 0 radical (unpaired) electrons. The summed E-state index contributed by atoms with van der Waals surface area (Å²) in [5.74, 6) is 0.538. The molecule has 2 N–H and O–H groups in total. The van der Waals surface area contributed by atoms with Crippen LogP contribution < -0.4 is 15.0 Å². The van der Waals surface area contributed by atoms with Crippen LogP contribution >= 0.6 is 0 Å². The molecule has 0 spiro atoms. The molecule has 10 nitrogen and oxygen atoms in total. The number of aromatic nitrogens is 4. The molecule has 3 heterocycles. The maximum atomic E-state index is 13.3. The number of ether oxygens (including phenoxy) is 1. The van der Waals surface area contributed by atoms with Crippen molar-refractivity contribution in [1.29, 1.82) is 0 Å². The number of sulfonamides is 1. The van der Waals surface area contributed by atoms with Gasteiger partial charge in [0, 0.05) is 22.3 Å². The summed E-state index contributed by atoms with van der Waals surface area (Å²) in [4.78, 5) is 22.6. The normalized spacial score (nSPS) is 18.4. The first kappa shape index (κ1) is 23.6. The number of hydrogen-bond donors (Lipinski definition) is 2. The molecule has 0 aliphatic carbocycles. The first-order valence-corrected chi connectivity index (χ1v) is 13.9. The highest BCUT2D eigenvalue weighted by Gasteiger charge is 2.23. The van der Waals surface area contributed by atoms with Crippen LogP contribution in [-0.4, -0.2) is 65.8 Å². The Labute approximate surface area is 214 Å². The molecule has 36 heavy (non-hydrogen) atoms. The lowest BCUT2D eigenvalue weighted by atomic mass is 10.1. The van der Waals surface area contributed by atoms with E-state index < -0.39 is 22.1 Å². The highest BCUT2D eigenvalue weighted by Crippen LogP contribution is 2.31. The third-order valence-corrected chi connectivity index (χ3v) is 7.78. The second kappa shape index (κ2) is 11.1. The van der Waals surface area contributed by atoms with Crippen molar-refractivity contribution in [2.45, 2.75) is 63.3 Å². The van der Waals surface area contributed by atoms with Crippen LogP contribution in [0.4, 0.5) is 0 Å². The van der Waals surface area contributed by atoms with Gasteiger partial charge in [-0.25, -0.2) is 18.1 Å². The number of fused-ring (bicyclic) bond motifs is 1. The van der Waals surface area contributed by atoms with E-state index in [-0.39, 0.29) is 29.3 Å². The average molecular weight is 519 g/mol. The third-order valence-electron chi connectivity index (χ3n) is 6.43. The van der Waals surface area contributed by atoms with E-state index in [1.54, 1.807) is 6.07 Å². The van der Waals surface area contributed by atoms with Crippen molar-refractivity contribution in [3.63, 3.8) is 0 Å². The van der Waals surface area contributed by atoms with E-state index in [1.165, 1.54) is 16.8 Å². The molecule has 3 aromatic rings. The smallest absolute Gasteiger partial charge is 0.277 e. The van der Waals surface area contributed by atoms with Gasteiger partial charge < -0.3 is 14.6 Å². The van der Waals surface area contributed by atoms with Crippen LogP contribution in [0.2, 0.25) is 0 Å². The van der Waals surface area contributed by atoms with Crippen molar-refractivity contribution in [2.24, 2.45) is 7.02 Å². The lowest BCUT2D eigenvalue weighted by Crippen LogP contribution is -2.31. The Balaban J connectivity index is 1.74. The standard InChI is InChI=1S/C25H36N6O4S/c1-5-8-20-22-23(31(4)29-20)25(32)28-24(27-22)19-16-18(10-11-21(19)35-15-6-2)36(33,34)26-13-12-17-9-7-14-30(17)3/h10-11,16-17,26H,5-9,12-15H2,1-4H3,(H,27,28,32)/i4D,13D. The van der Waals surface area contributed by atoms with Crippen LogP contribution in [0, 0.1) is 0 Å². The Morgan fingerprint density at radius 1 is 1.33 bits per heavy atom. The Kier molecular flexibility index (Phi) is 7.29. The summed E-state index contributed by atoms with van der Waals surface area (Å²) in [5, 5.41) is 4.39. The molecule has 0 saturated carbocycles. The number of benzene rings is 1. The molecule has 2 atom stereocenters. The molecular weight excluding hydrogens is 480 g/mol. The SMILES string of the molecule is [2H]Cn1nc(CCC)c2nc(-c3cc(S(=O)(=O)NC([2H])CC4CCCN4C)ccc3OCCC)[nH]c(=O)c21. The van der Waals surface area contributed by atoms with Gasteiger partial charge in [0.1, 0.15) is 17.1 Å². The van der Waals surface area contributed by atoms with E-state index in [0.29, 0.717) is 42.0 Å². The quantitative estimate of drug-likeness (QED) is 0.400. The zero-order valence-corrected chi connectivity index (χ0v) is 21.9. The van der Waals surface area contributed by atoms with Crippen molar-refractivity contribution in [3.05, 3.63) is 34.2 Å². The molecule has 1 aliphatic rings. The summed E-state index contributed by atoms with van der Waals surface area (Å²) in [5.41, 5.74) is 1.06. The summed E-state index contributed by atoms with van der Waals surface area (Å²) in [6, 6.07) is 4.57. The monoisotopic (exact) mass is 518 g/mol. The number of rotatable bonds is 11. The maximum absolute atomic E-state index is 13.3. The van der Waals surface area contributed by atoms with Crippen LogP contribution in [-0.2, 0) is 23.5 Å². The minimum atomic E-state index is -4.03. The minimum absolute atomic E-state index is 0.0493. The van der Waals surface area contributed by atoms with Gasteiger partial charge in [0.15, 0.2) is 5.52 Å². The average Bonchev–Trinajstić information content (AvgIpc) is 3.45. The molecule has 0 amide bonds. The van der Waals surface area contributed by atoms with Crippen molar-refractivity contribution in [2.75, 3.05) is 26.7 Å². The van der Waals surface area contributed by atoms with Gasteiger partial charge in [-0.2, -0.15) is 5.10 Å². The zero-order valence-electron chi connectivity index (χ0n) is 23.1. The van der Waals surface area contributed by atoms with E-state index in [9.17, 15) is 13.2 Å². The minimum Gasteiger partial charge on any atom is -0.493 e. The molecular formula is C25H36N6O4S. The molecule has 11 heteroatoms. The molecule has 196 valence electrons. The van der Waals surface area contributed by atoms with Crippen LogP contribution in [0.5, 0.6) is 5.75 Å². The summed E-state index contributed by atoms with van der Waals surface area (Å²) in [7, 11) is -2.26. The van der Waals surface area contributed by atoms with Gasteiger partial charge in [-0.05, 0) is 63.9 Å². The van der Waals surface area contributed by atoms with Crippen LogP contribution in [0.3, 0.4) is 0 Å². The molecule has 1 saturated heterocycles. The highest BCUT2D eigenvalue weighted by molar-refractivity contribution is 7.89. The zero-order chi connectivity index (χ0) is 27.4. The Hall–Kier alpha value is -2.76. The predicted octanol–water partition coefficient (Wildman–Crippen LogP) is 2.83. The largest absolute Gasteiger partial charge is 0.493 e. The molecule has 1 aromatic carbocycles. The van der Waals surface area contributed by atoms with Crippen LogP contribution in [0.1, 0.15) is 54.4 Å². The van der Waals surface area contributed by atoms with Gasteiger partial charge in [0.25, 0.3) is 5.56 Å². The number of H-pyrrole nitrogens is 1. The number of nitrogens with one attached hydrogen (secondary N) is 2. The van der Waals surface area contributed by atoms with E-state index in [1.807, 2.05) is 20.9 Å². The summed E-state index contributed by atoms with van der Waals surface area (Å²) < 4.78 is 52.3. The van der Waals surface area contributed by atoms with Gasteiger partial charge >= 0.3 is 0 Å². The molecule has 2 unspecified atom stereocenters. The Morgan fingerprint density at radius 3 is 2.86 bits per heavy atom. The van der Waals surface area contributed by atoms with Crippen molar-refractivity contribution >= 4 is 21.1 Å². The van der Waals surface area contributed by atoms with E-state index in [0.717, 1.165) is 32.2 Å². The van der Waals surface area contributed by atoms with E-state index >= 15 is 0 Å². The summed E-state index contributed by atoms with van der Waals surface area (Å²) >= 11 is 0. The Bertz CT molecular complexity index is 1440. The van der Waals surface area contributed by atoms with Crippen LogP contribution in [0.25, 0.3) is 22.4 Å². The fraction of sp³-hybridized carbons (Fsp3) is 0.560. The molecule has 2 aromatic heterocycles. The first-order valence-electron chi connectivity index (χ1n) is 13.7. The fourth-order valence-corrected chi connectivity index (χ4v) is 5.49. The van der Waals surface area contributed by atoms with Crippen molar-refractivity contribution in [1.82, 2.24) is 29.4 Å². The topological polar surface area (TPSA) is 122 Å². The third kappa shape index (κ3) is 5.47. The molecule has 4 rings (SSSR count).